The summed E-state index contributed by atoms with van der Waals surface area (Å²) in [5.74, 6) is 0.644. The summed E-state index contributed by atoms with van der Waals surface area (Å²) in [7, 11) is 0. The van der Waals surface area contributed by atoms with E-state index in [1.54, 1.807) is 6.20 Å². The quantitative estimate of drug-likeness (QED) is 0.558. The molecule has 0 fully saturated rings. The Hall–Kier alpha value is -0.460. The SMILES string of the molecule is CC[C@@H](C)/C=C/N. The summed E-state index contributed by atoms with van der Waals surface area (Å²) in [6.07, 6.45) is 4.78. The molecule has 0 aromatic carbocycles. The summed E-state index contributed by atoms with van der Waals surface area (Å²) < 4.78 is 0. The molecule has 0 aliphatic rings. The summed E-state index contributed by atoms with van der Waals surface area (Å²) >= 11 is 0. The van der Waals surface area contributed by atoms with Gasteiger partial charge in [0.05, 0.1) is 0 Å². The molecule has 0 bridgehead atoms. The van der Waals surface area contributed by atoms with Gasteiger partial charge in [-0.3, -0.25) is 0 Å². The van der Waals surface area contributed by atoms with Gasteiger partial charge in [-0.1, -0.05) is 26.3 Å². The molecule has 7 heavy (non-hydrogen) atoms. The zero-order valence-corrected chi connectivity index (χ0v) is 5.02. The first-order valence-electron chi connectivity index (χ1n) is 2.69. The van der Waals surface area contributed by atoms with Crippen molar-refractivity contribution in [3.63, 3.8) is 0 Å². The third kappa shape index (κ3) is 3.37. The van der Waals surface area contributed by atoms with Crippen LogP contribution in [0.3, 0.4) is 0 Å². The van der Waals surface area contributed by atoms with E-state index in [1.807, 2.05) is 6.08 Å². The van der Waals surface area contributed by atoms with Gasteiger partial charge in [-0.05, 0) is 12.1 Å². The lowest BCUT2D eigenvalue weighted by Gasteiger charge is -1.95. The molecule has 42 valence electrons. The van der Waals surface area contributed by atoms with E-state index in [0.29, 0.717) is 5.92 Å². The third-order valence-corrected chi connectivity index (χ3v) is 1.08. The molecule has 0 aliphatic carbocycles. The Morgan fingerprint density at radius 3 is 2.43 bits per heavy atom. The van der Waals surface area contributed by atoms with Gasteiger partial charge in [-0.15, -0.1) is 0 Å². The number of hydrogen-bond donors (Lipinski definition) is 1. The van der Waals surface area contributed by atoms with Gasteiger partial charge in [-0.25, -0.2) is 0 Å². The summed E-state index contributed by atoms with van der Waals surface area (Å²) in [6.45, 7) is 4.29. The summed E-state index contributed by atoms with van der Waals surface area (Å²) in [6, 6.07) is 0. The molecule has 1 heteroatoms. The van der Waals surface area contributed by atoms with Crippen molar-refractivity contribution in [3.05, 3.63) is 12.3 Å². The van der Waals surface area contributed by atoms with E-state index >= 15 is 0 Å². The van der Waals surface area contributed by atoms with Gasteiger partial charge < -0.3 is 5.73 Å². The minimum absolute atomic E-state index is 0.644. The van der Waals surface area contributed by atoms with Crippen LogP contribution in [-0.4, -0.2) is 0 Å². The predicted molar refractivity (Wildman–Crippen MR) is 32.8 cm³/mol. The highest BCUT2D eigenvalue weighted by atomic mass is 14.5. The van der Waals surface area contributed by atoms with E-state index in [-0.39, 0.29) is 0 Å². The molecule has 0 aromatic rings. The van der Waals surface area contributed by atoms with Crippen molar-refractivity contribution in [1.29, 1.82) is 0 Å². The van der Waals surface area contributed by atoms with Gasteiger partial charge in [-0.2, -0.15) is 0 Å². The molecule has 0 heterocycles. The van der Waals surface area contributed by atoms with E-state index in [9.17, 15) is 0 Å². The van der Waals surface area contributed by atoms with E-state index in [0.717, 1.165) is 0 Å². The van der Waals surface area contributed by atoms with Gasteiger partial charge in [0, 0.05) is 0 Å². The lowest BCUT2D eigenvalue weighted by atomic mass is 10.1. The normalized spacial score (nSPS) is 15.1. The Morgan fingerprint density at radius 2 is 2.29 bits per heavy atom. The molecule has 0 rings (SSSR count). The van der Waals surface area contributed by atoms with Crippen molar-refractivity contribution < 1.29 is 0 Å². The summed E-state index contributed by atoms with van der Waals surface area (Å²) in [5, 5.41) is 0. The second kappa shape index (κ2) is 3.72. The van der Waals surface area contributed by atoms with Crippen LogP contribution in [0.25, 0.3) is 0 Å². The lowest BCUT2D eigenvalue weighted by molar-refractivity contribution is 0.697. The first kappa shape index (κ1) is 6.54. The molecule has 0 saturated heterocycles. The Labute approximate surface area is 45.2 Å². The molecule has 0 spiro atoms. The molecule has 0 aliphatic heterocycles. The summed E-state index contributed by atoms with van der Waals surface area (Å²) in [5.41, 5.74) is 5.12. The van der Waals surface area contributed by atoms with Crippen molar-refractivity contribution in [2.24, 2.45) is 11.7 Å². The van der Waals surface area contributed by atoms with Crippen molar-refractivity contribution in [3.8, 4) is 0 Å². The first-order chi connectivity index (χ1) is 3.31. The molecule has 0 amide bonds. The Balaban J connectivity index is 3.16. The van der Waals surface area contributed by atoms with Gasteiger partial charge >= 0.3 is 0 Å². The highest BCUT2D eigenvalue weighted by Gasteiger charge is 1.86. The van der Waals surface area contributed by atoms with Crippen molar-refractivity contribution >= 4 is 0 Å². The number of hydrogen-bond acceptors (Lipinski definition) is 1. The van der Waals surface area contributed by atoms with E-state index in [1.165, 1.54) is 6.42 Å². The fraction of sp³-hybridized carbons (Fsp3) is 0.667. The lowest BCUT2D eigenvalue weighted by Crippen LogP contribution is -1.86. The van der Waals surface area contributed by atoms with Gasteiger partial charge in [0.25, 0.3) is 0 Å². The zero-order valence-electron chi connectivity index (χ0n) is 5.02. The van der Waals surface area contributed by atoms with Crippen LogP contribution in [0.1, 0.15) is 20.3 Å². The largest absolute Gasteiger partial charge is 0.405 e. The van der Waals surface area contributed by atoms with Crippen molar-refractivity contribution in [2.75, 3.05) is 0 Å². The molecular weight excluding hydrogens is 86.1 g/mol. The molecule has 0 radical (unpaired) electrons. The van der Waals surface area contributed by atoms with Crippen LogP contribution in [0.4, 0.5) is 0 Å². The smallest absolute Gasteiger partial charge is 0.0100 e. The molecule has 2 N–H and O–H groups in total. The van der Waals surface area contributed by atoms with Crippen molar-refractivity contribution in [2.45, 2.75) is 20.3 Å². The van der Waals surface area contributed by atoms with Crippen molar-refractivity contribution in [1.82, 2.24) is 0 Å². The van der Waals surface area contributed by atoms with E-state index < -0.39 is 0 Å². The fourth-order valence-corrected chi connectivity index (χ4v) is 0.326. The topological polar surface area (TPSA) is 26.0 Å². The monoisotopic (exact) mass is 99.1 g/mol. The minimum atomic E-state index is 0.644. The first-order valence-corrected chi connectivity index (χ1v) is 2.69. The van der Waals surface area contributed by atoms with Crippen LogP contribution in [0.5, 0.6) is 0 Å². The molecule has 0 aromatic heterocycles. The number of nitrogens with two attached hydrogens (primary N) is 1. The number of rotatable bonds is 2. The molecule has 1 nitrogen and oxygen atoms in total. The van der Waals surface area contributed by atoms with Crippen LogP contribution in [-0.2, 0) is 0 Å². The maximum Gasteiger partial charge on any atom is -0.0100 e. The summed E-state index contributed by atoms with van der Waals surface area (Å²) in [4.78, 5) is 0. The van der Waals surface area contributed by atoms with E-state index in [4.69, 9.17) is 5.73 Å². The average molecular weight is 99.2 g/mol. The minimum Gasteiger partial charge on any atom is -0.405 e. The molecule has 0 saturated carbocycles. The fourth-order valence-electron chi connectivity index (χ4n) is 0.326. The highest BCUT2D eigenvalue weighted by Crippen LogP contribution is 1.99. The van der Waals surface area contributed by atoms with Gasteiger partial charge in [0.1, 0.15) is 0 Å². The maximum atomic E-state index is 5.12. The maximum absolute atomic E-state index is 5.12. The molecule has 0 unspecified atom stereocenters. The average Bonchev–Trinajstić information content (AvgIpc) is 1.68. The molecular formula is C6H13N. The highest BCUT2D eigenvalue weighted by molar-refractivity contribution is 4.80. The molecule has 1 atom stereocenters. The standard InChI is InChI=1S/C6H13N/c1-3-6(2)4-5-7/h4-6H,3,7H2,1-2H3/b5-4+/t6-/m1/s1. The van der Waals surface area contributed by atoms with Crippen LogP contribution in [0, 0.1) is 5.92 Å². The van der Waals surface area contributed by atoms with Crippen LogP contribution in [0.15, 0.2) is 12.3 Å². The Kier molecular flexibility index (Phi) is 3.48. The zero-order chi connectivity index (χ0) is 5.70. The predicted octanol–water partition coefficient (Wildman–Crippen LogP) is 1.50. The van der Waals surface area contributed by atoms with Gasteiger partial charge in [0.15, 0.2) is 0 Å². The van der Waals surface area contributed by atoms with Crippen LogP contribution < -0.4 is 5.73 Å². The van der Waals surface area contributed by atoms with Gasteiger partial charge in [0.2, 0.25) is 0 Å². The van der Waals surface area contributed by atoms with Crippen LogP contribution >= 0.6 is 0 Å². The third-order valence-electron chi connectivity index (χ3n) is 1.08. The second-order valence-electron chi connectivity index (χ2n) is 1.77. The van der Waals surface area contributed by atoms with E-state index in [2.05, 4.69) is 13.8 Å². The Morgan fingerprint density at radius 1 is 1.71 bits per heavy atom. The Bertz CT molecular complexity index is 57.2. The number of allylic oxidation sites excluding steroid dienone is 1. The van der Waals surface area contributed by atoms with Crippen LogP contribution in [0.2, 0.25) is 0 Å². The second-order valence-corrected chi connectivity index (χ2v) is 1.77.